The van der Waals surface area contributed by atoms with Crippen LogP contribution < -0.4 is 5.32 Å². The molecule has 0 amide bonds. The Morgan fingerprint density at radius 1 is 1.48 bits per heavy atom. The highest BCUT2D eigenvalue weighted by Crippen LogP contribution is 2.28. The van der Waals surface area contributed by atoms with Crippen LogP contribution in [0, 0.1) is 12.3 Å². The molecule has 1 aromatic rings. The minimum Gasteiger partial charge on any atom is -0.357 e. The Kier molecular flexibility index (Phi) is 6.96. The molecule has 0 bridgehead atoms. The fraction of sp³-hybridized carbons (Fsp3) is 0.733. The van der Waals surface area contributed by atoms with Gasteiger partial charge in [0.05, 0.1) is 19.3 Å². The molecule has 0 atom stereocenters. The number of guanidine groups is 1. The van der Waals surface area contributed by atoms with E-state index < -0.39 is 0 Å². The van der Waals surface area contributed by atoms with Gasteiger partial charge in [0, 0.05) is 25.8 Å². The summed E-state index contributed by atoms with van der Waals surface area (Å²) in [5.41, 5.74) is 1.59. The zero-order valence-electron chi connectivity index (χ0n) is 13.6. The summed E-state index contributed by atoms with van der Waals surface area (Å²) in [6.45, 7) is 13.5. The third kappa shape index (κ3) is 5.48. The lowest BCUT2D eigenvalue weighted by Crippen LogP contribution is -2.41. The summed E-state index contributed by atoms with van der Waals surface area (Å²) in [5, 5.41) is 7.69. The fourth-order valence-corrected chi connectivity index (χ4v) is 2.57. The van der Waals surface area contributed by atoms with Gasteiger partial charge in [0.2, 0.25) is 0 Å². The van der Waals surface area contributed by atoms with Crippen molar-refractivity contribution < 1.29 is 0 Å². The van der Waals surface area contributed by atoms with E-state index >= 15 is 0 Å². The summed E-state index contributed by atoms with van der Waals surface area (Å²) in [4.78, 5) is 7.11. The van der Waals surface area contributed by atoms with Crippen LogP contribution in [0.25, 0.3) is 0 Å². The first-order valence-corrected chi connectivity index (χ1v) is 7.52. The van der Waals surface area contributed by atoms with E-state index in [1.807, 2.05) is 10.9 Å². The lowest BCUT2D eigenvalue weighted by molar-refractivity contribution is 0.370. The van der Waals surface area contributed by atoms with Gasteiger partial charge in [0.25, 0.3) is 0 Å². The van der Waals surface area contributed by atoms with E-state index in [0.717, 1.165) is 38.7 Å². The van der Waals surface area contributed by atoms with Crippen molar-refractivity contribution in [3.63, 3.8) is 0 Å². The first-order chi connectivity index (χ1) is 9.50. The smallest absolute Gasteiger partial charge is 0.193 e. The fourth-order valence-electron chi connectivity index (χ4n) is 2.57. The molecule has 2 heterocycles. The molecule has 1 aliphatic heterocycles. The highest BCUT2D eigenvalue weighted by molar-refractivity contribution is 14.0. The Labute approximate surface area is 145 Å². The van der Waals surface area contributed by atoms with Crippen LogP contribution in [-0.4, -0.2) is 46.8 Å². The van der Waals surface area contributed by atoms with Gasteiger partial charge in [-0.1, -0.05) is 13.8 Å². The van der Waals surface area contributed by atoms with Crippen molar-refractivity contribution in [2.75, 3.05) is 26.2 Å². The van der Waals surface area contributed by atoms with Crippen molar-refractivity contribution in [3.8, 4) is 0 Å². The van der Waals surface area contributed by atoms with E-state index in [1.165, 1.54) is 12.0 Å². The molecule has 120 valence electrons. The Balaban J connectivity index is 0.00000220. The molecule has 0 aromatic carbocycles. The van der Waals surface area contributed by atoms with Gasteiger partial charge in [-0.2, -0.15) is 5.10 Å². The molecular formula is C15H28IN5. The number of aryl methyl sites for hydroxylation is 1. The molecule has 0 unspecified atom stereocenters. The van der Waals surface area contributed by atoms with Crippen LogP contribution >= 0.6 is 24.0 Å². The number of aliphatic imine (C=N–C) groups is 1. The molecule has 5 nitrogen and oxygen atoms in total. The van der Waals surface area contributed by atoms with Crippen molar-refractivity contribution in [1.82, 2.24) is 20.0 Å². The normalized spacial score (nSPS) is 17.7. The maximum absolute atomic E-state index is 4.74. The van der Waals surface area contributed by atoms with E-state index in [9.17, 15) is 0 Å². The molecule has 0 spiro atoms. The average Bonchev–Trinajstić information content (AvgIpc) is 2.94. The quantitative estimate of drug-likeness (QED) is 0.476. The van der Waals surface area contributed by atoms with Gasteiger partial charge >= 0.3 is 0 Å². The number of aromatic nitrogens is 2. The molecular weight excluding hydrogens is 377 g/mol. The first-order valence-electron chi connectivity index (χ1n) is 7.52. The molecule has 21 heavy (non-hydrogen) atoms. The van der Waals surface area contributed by atoms with Crippen molar-refractivity contribution >= 4 is 29.9 Å². The van der Waals surface area contributed by atoms with Crippen molar-refractivity contribution in [2.24, 2.45) is 10.4 Å². The molecule has 1 fully saturated rings. The van der Waals surface area contributed by atoms with Gasteiger partial charge in [0.15, 0.2) is 5.96 Å². The van der Waals surface area contributed by atoms with Gasteiger partial charge in [0.1, 0.15) is 0 Å². The third-order valence-electron chi connectivity index (χ3n) is 3.66. The minimum atomic E-state index is 0. The minimum absolute atomic E-state index is 0. The van der Waals surface area contributed by atoms with Crippen molar-refractivity contribution in [1.29, 1.82) is 0 Å². The van der Waals surface area contributed by atoms with Crippen LogP contribution in [0.4, 0.5) is 0 Å². The Morgan fingerprint density at radius 3 is 2.76 bits per heavy atom. The predicted molar refractivity (Wildman–Crippen MR) is 98.3 cm³/mol. The average molecular weight is 405 g/mol. The zero-order chi connectivity index (χ0) is 14.6. The molecule has 0 aliphatic carbocycles. The van der Waals surface area contributed by atoms with E-state index in [-0.39, 0.29) is 24.0 Å². The van der Waals surface area contributed by atoms with Crippen LogP contribution in [0.15, 0.2) is 17.4 Å². The van der Waals surface area contributed by atoms with E-state index in [4.69, 9.17) is 4.99 Å². The second kappa shape index (κ2) is 8.00. The number of hydrogen-bond donors (Lipinski definition) is 1. The van der Waals surface area contributed by atoms with Crippen LogP contribution in [0.1, 0.15) is 32.8 Å². The SMILES string of the molecule is CCNC(=NCCn1cc(C)cn1)N1CCC(C)(C)C1.I. The van der Waals surface area contributed by atoms with Crippen LogP contribution in [0.2, 0.25) is 0 Å². The summed E-state index contributed by atoms with van der Waals surface area (Å²) in [5.74, 6) is 1.04. The molecule has 2 rings (SSSR count). The van der Waals surface area contributed by atoms with Gasteiger partial charge < -0.3 is 10.2 Å². The van der Waals surface area contributed by atoms with E-state index in [0.29, 0.717) is 5.41 Å². The molecule has 1 N–H and O–H groups in total. The topological polar surface area (TPSA) is 45.5 Å². The summed E-state index contributed by atoms with van der Waals surface area (Å²) >= 11 is 0. The summed E-state index contributed by atoms with van der Waals surface area (Å²) in [7, 11) is 0. The summed E-state index contributed by atoms with van der Waals surface area (Å²) in [6, 6.07) is 0. The summed E-state index contributed by atoms with van der Waals surface area (Å²) in [6.07, 6.45) is 5.18. The van der Waals surface area contributed by atoms with Crippen LogP contribution in [-0.2, 0) is 6.54 Å². The number of nitrogens with zero attached hydrogens (tertiary/aromatic N) is 4. The molecule has 6 heteroatoms. The van der Waals surface area contributed by atoms with Gasteiger partial charge in [-0.05, 0) is 31.2 Å². The Morgan fingerprint density at radius 2 is 2.24 bits per heavy atom. The van der Waals surface area contributed by atoms with Gasteiger partial charge in [-0.25, -0.2) is 0 Å². The Hall–Kier alpha value is -0.790. The number of likely N-dealkylation sites (tertiary alicyclic amines) is 1. The Bertz CT molecular complexity index is 466. The predicted octanol–water partition coefficient (Wildman–Crippen LogP) is 2.51. The van der Waals surface area contributed by atoms with Gasteiger partial charge in [-0.15, -0.1) is 24.0 Å². The largest absolute Gasteiger partial charge is 0.357 e. The van der Waals surface area contributed by atoms with Crippen molar-refractivity contribution in [3.05, 3.63) is 18.0 Å². The van der Waals surface area contributed by atoms with Crippen LogP contribution in [0.3, 0.4) is 0 Å². The standard InChI is InChI=1S/C15H27N5.HI/c1-5-16-14(19-8-6-15(3,4)12-19)17-7-9-20-11-13(2)10-18-20;/h10-11H,5-9,12H2,1-4H3,(H,16,17);1H. The third-order valence-corrected chi connectivity index (χ3v) is 3.66. The van der Waals surface area contributed by atoms with E-state index in [2.05, 4.69) is 49.2 Å². The molecule has 1 saturated heterocycles. The van der Waals surface area contributed by atoms with Crippen LogP contribution in [0.5, 0.6) is 0 Å². The van der Waals surface area contributed by atoms with Gasteiger partial charge in [-0.3, -0.25) is 9.67 Å². The van der Waals surface area contributed by atoms with E-state index in [1.54, 1.807) is 0 Å². The molecule has 1 aromatic heterocycles. The molecule has 0 radical (unpaired) electrons. The molecule has 1 aliphatic rings. The lowest BCUT2D eigenvalue weighted by atomic mass is 9.93. The van der Waals surface area contributed by atoms with Crippen molar-refractivity contribution in [2.45, 2.75) is 40.7 Å². The number of rotatable bonds is 4. The maximum atomic E-state index is 4.74. The number of halogens is 1. The monoisotopic (exact) mass is 405 g/mol. The highest BCUT2D eigenvalue weighted by Gasteiger charge is 2.30. The second-order valence-electron chi connectivity index (χ2n) is 6.35. The first kappa shape index (κ1) is 18.3. The number of hydrogen-bond acceptors (Lipinski definition) is 2. The molecule has 0 saturated carbocycles. The second-order valence-corrected chi connectivity index (χ2v) is 6.35. The maximum Gasteiger partial charge on any atom is 0.193 e. The highest BCUT2D eigenvalue weighted by atomic mass is 127. The number of nitrogens with one attached hydrogen (secondary N) is 1. The zero-order valence-corrected chi connectivity index (χ0v) is 15.9. The summed E-state index contributed by atoms with van der Waals surface area (Å²) < 4.78 is 1.95. The lowest BCUT2D eigenvalue weighted by Gasteiger charge is -2.23.